The highest BCUT2D eigenvalue weighted by Gasteiger charge is 2.13. The van der Waals surface area contributed by atoms with Gasteiger partial charge >= 0.3 is 0 Å². The molecular weight excluding hydrogens is 210 g/mol. The van der Waals surface area contributed by atoms with Gasteiger partial charge in [0, 0.05) is 6.20 Å². The van der Waals surface area contributed by atoms with Crippen molar-refractivity contribution in [2.45, 2.75) is 44.8 Å². The molecule has 1 aliphatic rings. The molecule has 0 atom stereocenters. The summed E-state index contributed by atoms with van der Waals surface area (Å²) in [6.45, 7) is 0.613. The minimum absolute atomic E-state index is 0.441. The Balaban J connectivity index is 1.79. The summed E-state index contributed by atoms with van der Waals surface area (Å²) in [5.41, 5.74) is 0.963. The van der Waals surface area contributed by atoms with Gasteiger partial charge in [-0.15, -0.1) is 0 Å². The topological polar surface area (TPSA) is 22.1 Å². The van der Waals surface area contributed by atoms with E-state index in [4.69, 9.17) is 16.3 Å². The van der Waals surface area contributed by atoms with Crippen molar-refractivity contribution in [2.24, 2.45) is 0 Å². The Labute approximate surface area is 95.6 Å². The highest BCUT2D eigenvalue weighted by Crippen LogP contribution is 2.21. The minimum Gasteiger partial charge on any atom is -0.372 e. The lowest BCUT2D eigenvalue weighted by Crippen LogP contribution is -2.16. The molecule has 0 radical (unpaired) electrons. The molecule has 0 saturated heterocycles. The summed E-state index contributed by atoms with van der Waals surface area (Å²) in [6.07, 6.45) is 8.48. The van der Waals surface area contributed by atoms with Crippen LogP contribution in [0.2, 0.25) is 5.02 Å². The second-order valence-corrected chi connectivity index (χ2v) is 4.48. The van der Waals surface area contributed by atoms with Gasteiger partial charge in [0.25, 0.3) is 0 Å². The Morgan fingerprint density at radius 2 is 2.07 bits per heavy atom. The van der Waals surface area contributed by atoms with Crippen LogP contribution in [0.3, 0.4) is 0 Å². The summed E-state index contributed by atoms with van der Waals surface area (Å²) in [7, 11) is 0. The number of hydrogen-bond acceptors (Lipinski definition) is 2. The fourth-order valence-electron chi connectivity index (χ4n) is 1.93. The molecule has 1 saturated carbocycles. The SMILES string of the molecule is Clc1ccc(COC2CCCCC2)nc1. The summed E-state index contributed by atoms with van der Waals surface area (Å²) in [4.78, 5) is 4.21. The lowest BCUT2D eigenvalue weighted by molar-refractivity contribution is 0.0153. The molecular formula is C12H16ClNO. The molecule has 15 heavy (non-hydrogen) atoms. The van der Waals surface area contributed by atoms with Gasteiger partial charge in [-0.3, -0.25) is 4.98 Å². The van der Waals surface area contributed by atoms with E-state index in [1.165, 1.54) is 32.1 Å². The fraction of sp³-hybridized carbons (Fsp3) is 0.583. The Hall–Kier alpha value is -0.600. The highest BCUT2D eigenvalue weighted by molar-refractivity contribution is 6.30. The largest absolute Gasteiger partial charge is 0.372 e. The van der Waals surface area contributed by atoms with E-state index in [1.54, 1.807) is 6.20 Å². The maximum atomic E-state index is 5.80. The molecule has 0 aromatic carbocycles. The molecule has 2 rings (SSSR count). The Morgan fingerprint density at radius 1 is 1.27 bits per heavy atom. The first-order valence-corrected chi connectivity index (χ1v) is 5.94. The third-order valence-electron chi connectivity index (χ3n) is 2.81. The maximum Gasteiger partial charge on any atom is 0.0891 e. The van der Waals surface area contributed by atoms with Gasteiger partial charge in [0.1, 0.15) is 0 Å². The van der Waals surface area contributed by atoms with Crippen LogP contribution in [0.5, 0.6) is 0 Å². The first-order valence-electron chi connectivity index (χ1n) is 5.56. The van der Waals surface area contributed by atoms with Crippen molar-refractivity contribution in [3.05, 3.63) is 29.0 Å². The number of ether oxygens (including phenoxy) is 1. The fourth-order valence-corrected chi connectivity index (χ4v) is 2.04. The second kappa shape index (κ2) is 5.47. The standard InChI is InChI=1S/C12H16ClNO/c13-10-6-7-11(14-8-10)9-15-12-4-2-1-3-5-12/h6-8,12H,1-5,9H2. The van der Waals surface area contributed by atoms with E-state index in [9.17, 15) is 0 Å². The van der Waals surface area contributed by atoms with Crippen LogP contribution in [0.1, 0.15) is 37.8 Å². The second-order valence-electron chi connectivity index (χ2n) is 4.04. The molecule has 1 heterocycles. The molecule has 1 fully saturated rings. The molecule has 1 aliphatic carbocycles. The average Bonchev–Trinajstić information content (AvgIpc) is 2.30. The lowest BCUT2D eigenvalue weighted by atomic mass is 9.98. The first-order chi connectivity index (χ1) is 7.34. The van der Waals surface area contributed by atoms with Crippen molar-refractivity contribution in [1.82, 2.24) is 4.98 Å². The molecule has 0 aliphatic heterocycles. The van der Waals surface area contributed by atoms with E-state index in [2.05, 4.69) is 4.98 Å². The number of rotatable bonds is 3. The normalized spacial score (nSPS) is 17.9. The van der Waals surface area contributed by atoms with Crippen LogP contribution in [0.4, 0.5) is 0 Å². The van der Waals surface area contributed by atoms with Crippen LogP contribution in [0, 0.1) is 0 Å². The predicted molar refractivity (Wildman–Crippen MR) is 60.9 cm³/mol. The summed E-state index contributed by atoms with van der Waals surface area (Å²) in [5.74, 6) is 0. The monoisotopic (exact) mass is 225 g/mol. The van der Waals surface area contributed by atoms with Gasteiger partial charge in [0.2, 0.25) is 0 Å². The van der Waals surface area contributed by atoms with Gasteiger partial charge in [-0.2, -0.15) is 0 Å². The van der Waals surface area contributed by atoms with Gasteiger partial charge in [-0.05, 0) is 25.0 Å². The van der Waals surface area contributed by atoms with E-state index in [0.717, 1.165) is 5.69 Å². The lowest BCUT2D eigenvalue weighted by Gasteiger charge is -2.21. The highest BCUT2D eigenvalue weighted by atomic mass is 35.5. The molecule has 2 nitrogen and oxygen atoms in total. The van der Waals surface area contributed by atoms with Gasteiger partial charge < -0.3 is 4.74 Å². The van der Waals surface area contributed by atoms with Crippen LogP contribution < -0.4 is 0 Å². The number of halogens is 1. The van der Waals surface area contributed by atoms with Gasteiger partial charge in [0.05, 0.1) is 23.4 Å². The summed E-state index contributed by atoms with van der Waals surface area (Å²) in [6, 6.07) is 3.78. The number of hydrogen-bond donors (Lipinski definition) is 0. The molecule has 82 valence electrons. The van der Waals surface area contributed by atoms with E-state index in [-0.39, 0.29) is 0 Å². The quantitative estimate of drug-likeness (QED) is 0.785. The maximum absolute atomic E-state index is 5.80. The van der Waals surface area contributed by atoms with Crippen molar-refractivity contribution in [1.29, 1.82) is 0 Å². The van der Waals surface area contributed by atoms with Crippen LogP contribution in [0.15, 0.2) is 18.3 Å². The summed E-state index contributed by atoms with van der Waals surface area (Å²) >= 11 is 5.76. The molecule has 0 spiro atoms. The van der Waals surface area contributed by atoms with Crippen molar-refractivity contribution < 1.29 is 4.74 Å². The smallest absolute Gasteiger partial charge is 0.0891 e. The van der Waals surface area contributed by atoms with E-state index < -0.39 is 0 Å². The van der Waals surface area contributed by atoms with Crippen LogP contribution in [-0.4, -0.2) is 11.1 Å². The van der Waals surface area contributed by atoms with Crippen molar-refractivity contribution in [3.63, 3.8) is 0 Å². The van der Waals surface area contributed by atoms with Gasteiger partial charge in [-0.25, -0.2) is 0 Å². The zero-order valence-electron chi connectivity index (χ0n) is 8.79. The van der Waals surface area contributed by atoms with E-state index in [1.807, 2.05) is 12.1 Å². The zero-order valence-corrected chi connectivity index (χ0v) is 9.54. The molecule has 3 heteroatoms. The first kappa shape index (κ1) is 10.9. The third-order valence-corrected chi connectivity index (χ3v) is 3.03. The van der Waals surface area contributed by atoms with Crippen LogP contribution >= 0.6 is 11.6 Å². The van der Waals surface area contributed by atoms with Crippen molar-refractivity contribution in [2.75, 3.05) is 0 Å². The zero-order chi connectivity index (χ0) is 10.5. The van der Waals surface area contributed by atoms with Crippen LogP contribution in [0.25, 0.3) is 0 Å². The summed E-state index contributed by atoms with van der Waals surface area (Å²) in [5, 5.41) is 0.677. The molecule has 1 aromatic rings. The van der Waals surface area contributed by atoms with E-state index >= 15 is 0 Å². The summed E-state index contributed by atoms with van der Waals surface area (Å²) < 4.78 is 5.80. The molecule has 0 N–H and O–H groups in total. The molecule has 0 unspecified atom stereocenters. The number of pyridine rings is 1. The molecule has 1 aromatic heterocycles. The van der Waals surface area contributed by atoms with Crippen molar-refractivity contribution in [3.8, 4) is 0 Å². The van der Waals surface area contributed by atoms with E-state index in [0.29, 0.717) is 17.7 Å². The molecule has 0 bridgehead atoms. The Morgan fingerprint density at radius 3 is 2.73 bits per heavy atom. The number of nitrogens with zero attached hydrogens (tertiary/aromatic N) is 1. The third kappa shape index (κ3) is 3.47. The Bertz CT molecular complexity index is 293. The van der Waals surface area contributed by atoms with Crippen molar-refractivity contribution >= 4 is 11.6 Å². The van der Waals surface area contributed by atoms with Crippen LogP contribution in [-0.2, 0) is 11.3 Å². The minimum atomic E-state index is 0.441. The predicted octanol–water partition coefficient (Wildman–Crippen LogP) is 3.58. The Kier molecular flexibility index (Phi) is 3.98. The van der Waals surface area contributed by atoms with Gasteiger partial charge in [0.15, 0.2) is 0 Å². The average molecular weight is 226 g/mol. The number of aromatic nitrogens is 1. The molecule has 0 amide bonds. The van der Waals surface area contributed by atoms with Gasteiger partial charge in [-0.1, -0.05) is 30.9 Å².